The highest BCUT2D eigenvalue weighted by molar-refractivity contribution is 6.16. The van der Waals surface area contributed by atoms with E-state index in [1.54, 1.807) is 6.07 Å². The summed E-state index contributed by atoms with van der Waals surface area (Å²) in [5, 5.41) is 0. The number of fused-ring (bicyclic) bond motifs is 1. The van der Waals surface area contributed by atoms with Crippen molar-refractivity contribution in [1.29, 1.82) is 0 Å². The predicted octanol–water partition coefficient (Wildman–Crippen LogP) is 4.41. The maximum atomic E-state index is 13.3. The second kappa shape index (κ2) is 5.45. The summed E-state index contributed by atoms with van der Waals surface area (Å²) in [4.78, 5) is 4.47. The molecule has 0 fully saturated rings. The van der Waals surface area contributed by atoms with Crippen LogP contribution < -0.4 is 0 Å². The van der Waals surface area contributed by atoms with Gasteiger partial charge in [-0.25, -0.2) is 13.8 Å². The van der Waals surface area contributed by atoms with E-state index in [1.165, 1.54) is 6.07 Å². The molecular formula is C16H13ClF2N2. The van der Waals surface area contributed by atoms with Gasteiger partial charge >= 0.3 is 0 Å². The lowest BCUT2D eigenvalue weighted by Crippen LogP contribution is -2.04. The van der Waals surface area contributed by atoms with Gasteiger partial charge in [0.15, 0.2) is 11.6 Å². The zero-order valence-corrected chi connectivity index (χ0v) is 12.2. The fourth-order valence-electron chi connectivity index (χ4n) is 2.38. The summed E-state index contributed by atoms with van der Waals surface area (Å²) in [6, 6.07) is 9.83. The Bertz CT molecular complexity index is 811. The number of hydrogen-bond acceptors (Lipinski definition) is 1. The van der Waals surface area contributed by atoms with E-state index in [4.69, 9.17) is 11.6 Å². The first kappa shape index (κ1) is 14.0. The Labute approximate surface area is 126 Å². The van der Waals surface area contributed by atoms with Gasteiger partial charge in [0.05, 0.1) is 16.9 Å². The number of benzene rings is 2. The summed E-state index contributed by atoms with van der Waals surface area (Å²) in [7, 11) is 0. The molecule has 1 heterocycles. The minimum atomic E-state index is -0.847. The fourth-order valence-corrected chi connectivity index (χ4v) is 2.59. The van der Waals surface area contributed by atoms with E-state index in [9.17, 15) is 8.78 Å². The summed E-state index contributed by atoms with van der Waals surface area (Å²) >= 11 is 5.95. The van der Waals surface area contributed by atoms with Gasteiger partial charge in [-0.15, -0.1) is 11.6 Å². The predicted molar refractivity (Wildman–Crippen MR) is 79.5 cm³/mol. The van der Waals surface area contributed by atoms with Crippen molar-refractivity contribution in [3.8, 4) is 0 Å². The van der Waals surface area contributed by atoms with Gasteiger partial charge in [0, 0.05) is 6.54 Å². The summed E-state index contributed by atoms with van der Waals surface area (Å²) in [5.41, 5.74) is 3.56. The number of nitrogens with zero attached hydrogens (tertiary/aromatic N) is 2. The van der Waals surface area contributed by atoms with Crippen molar-refractivity contribution in [3.63, 3.8) is 0 Å². The molecule has 2 aromatic carbocycles. The van der Waals surface area contributed by atoms with E-state index in [0.717, 1.165) is 22.7 Å². The van der Waals surface area contributed by atoms with Crippen molar-refractivity contribution in [2.24, 2.45) is 0 Å². The molecule has 0 aliphatic heterocycles. The molecule has 0 bridgehead atoms. The van der Waals surface area contributed by atoms with Gasteiger partial charge in [-0.1, -0.05) is 12.1 Å². The van der Waals surface area contributed by atoms with Gasteiger partial charge < -0.3 is 4.57 Å². The molecule has 3 rings (SSSR count). The van der Waals surface area contributed by atoms with Crippen LogP contribution in [0.2, 0.25) is 0 Å². The monoisotopic (exact) mass is 306 g/mol. The maximum absolute atomic E-state index is 13.3. The third kappa shape index (κ3) is 2.63. The lowest BCUT2D eigenvalue weighted by Gasteiger charge is -2.08. The van der Waals surface area contributed by atoms with Crippen molar-refractivity contribution in [2.45, 2.75) is 19.3 Å². The standard InChI is InChI=1S/C16H13ClF2N2/c1-10-2-5-14-15(6-10)21(16(8-17)20-14)9-11-3-4-12(18)13(19)7-11/h2-7H,8-9H2,1H3. The lowest BCUT2D eigenvalue weighted by atomic mass is 10.2. The summed E-state index contributed by atoms with van der Waals surface area (Å²) in [6.07, 6.45) is 0. The van der Waals surface area contributed by atoms with Crippen LogP contribution in [0.1, 0.15) is 17.0 Å². The Morgan fingerprint density at radius 3 is 2.62 bits per heavy atom. The molecule has 21 heavy (non-hydrogen) atoms. The van der Waals surface area contributed by atoms with E-state index < -0.39 is 11.6 Å². The Hall–Kier alpha value is -1.94. The first-order valence-corrected chi connectivity index (χ1v) is 7.07. The molecule has 108 valence electrons. The molecule has 5 heteroatoms. The molecule has 0 radical (unpaired) electrons. The topological polar surface area (TPSA) is 17.8 Å². The lowest BCUT2D eigenvalue weighted by molar-refractivity contribution is 0.506. The molecule has 2 nitrogen and oxygen atoms in total. The number of halogens is 3. The highest BCUT2D eigenvalue weighted by Crippen LogP contribution is 2.21. The molecule has 0 atom stereocenters. The van der Waals surface area contributed by atoms with Crippen LogP contribution in [0.15, 0.2) is 36.4 Å². The second-order valence-electron chi connectivity index (χ2n) is 4.99. The summed E-state index contributed by atoms with van der Waals surface area (Å²) in [5.74, 6) is -0.720. The van der Waals surface area contributed by atoms with Crippen molar-refractivity contribution in [2.75, 3.05) is 0 Å². The number of imidazole rings is 1. The molecular weight excluding hydrogens is 294 g/mol. The normalized spacial score (nSPS) is 11.2. The molecule has 0 saturated carbocycles. The van der Waals surface area contributed by atoms with Crippen molar-refractivity contribution >= 4 is 22.6 Å². The van der Waals surface area contributed by atoms with Gasteiger partial charge in [0.2, 0.25) is 0 Å². The summed E-state index contributed by atoms with van der Waals surface area (Å²) < 4.78 is 28.3. The Morgan fingerprint density at radius 2 is 1.90 bits per heavy atom. The molecule has 1 aromatic heterocycles. The first-order valence-electron chi connectivity index (χ1n) is 6.54. The van der Waals surface area contributed by atoms with E-state index in [0.29, 0.717) is 17.9 Å². The highest BCUT2D eigenvalue weighted by Gasteiger charge is 2.11. The van der Waals surface area contributed by atoms with Crippen LogP contribution in [-0.4, -0.2) is 9.55 Å². The number of rotatable bonds is 3. The molecule has 0 aliphatic rings. The van der Waals surface area contributed by atoms with E-state index in [1.807, 2.05) is 29.7 Å². The van der Waals surface area contributed by atoms with Gasteiger partial charge in [-0.2, -0.15) is 0 Å². The minimum absolute atomic E-state index is 0.261. The van der Waals surface area contributed by atoms with Gasteiger partial charge in [0.25, 0.3) is 0 Å². The van der Waals surface area contributed by atoms with Gasteiger partial charge in [-0.05, 0) is 42.3 Å². The third-order valence-electron chi connectivity index (χ3n) is 3.43. The van der Waals surface area contributed by atoms with Crippen LogP contribution in [0.5, 0.6) is 0 Å². The fraction of sp³-hybridized carbons (Fsp3) is 0.188. The maximum Gasteiger partial charge on any atom is 0.159 e. The molecule has 3 aromatic rings. The SMILES string of the molecule is Cc1ccc2nc(CCl)n(Cc3ccc(F)c(F)c3)c2c1. The molecule has 0 N–H and O–H groups in total. The van der Waals surface area contributed by atoms with Gasteiger partial charge in [0.1, 0.15) is 5.82 Å². The number of hydrogen-bond donors (Lipinski definition) is 0. The number of alkyl halides is 1. The molecule has 0 spiro atoms. The van der Waals surface area contributed by atoms with Crippen LogP contribution in [0.4, 0.5) is 8.78 Å². The van der Waals surface area contributed by atoms with E-state index >= 15 is 0 Å². The minimum Gasteiger partial charge on any atom is -0.322 e. The summed E-state index contributed by atoms with van der Waals surface area (Å²) in [6.45, 7) is 2.40. The van der Waals surface area contributed by atoms with E-state index in [-0.39, 0.29) is 5.88 Å². The van der Waals surface area contributed by atoms with Gasteiger partial charge in [-0.3, -0.25) is 0 Å². The number of aryl methyl sites for hydroxylation is 1. The Kier molecular flexibility index (Phi) is 3.64. The molecule has 0 unspecified atom stereocenters. The van der Waals surface area contributed by atoms with E-state index in [2.05, 4.69) is 4.98 Å². The Balaban J connectivity index is 2.09. The van der Waals surface area contributed by atoms with Crippen LogP contribution in [0.3, 0.4) is 0 Å². The average molecular weight is 307 g/mol. The van der Waals surface area contributed by atoms with Crippen LogP contribution in [0, 0.1) is 18.6 Å². The zero-order valence-electron chi connectivity index (χ0n) is 11.4. The zero-order chi connectivity index (χ0) is 15.0. The second-order valence-corrected chi connectivity index (χ2v) is 5.26. The van der Waals surface area contributed by atoms with Crippen LogP contribution in [0.25, 0.3) is 11.0 Å². The highest BCUT2D eigenvalue weighted by atomic mass is 35.5. The smallest absolute Gasteiger partial charge is 0.159 e. The Morgan fingerprint density at radius 1 is 1.10 bits per heavy atom. The van der Waals surface area contributed by atoms with Crippen molar-refractivity contribution in [1.82, 2.24) is 9.55 Å². The number of aromatic nitrogens is 2. The largest absolute Gasteiger partial charge is 0.322 e. The molecule has 0 saturated heterocycles. The van der Waals surface area contributed by atoms with Crippen LogP contribution >= 0.6 is 11.6 Å². The molecule has 0 aliphatic carbocycles. The first-order chi connectivity index (χ1) is 10.1. The quantitative estimate of drug-likeness (QED) is 0.655. The molecule has 0 amide bonds. The third-order valence-corrected chi connectivity index (χ3v) is 3.67. The van der Waals surface area contributed by atoms with Crippen molar-refractivity contribution < 1.29 is 8.78 Å². The van der Waals surface area contributed by atoms with Crippen molar-refractivity contribution in [3.05, 3.63) is 65.0 Å². The van der Waals surface area contributed by atoms with Crippen LogP contribution in [-0.2, 0) is 12.4 Å². The average Bonchev–Trinajstić information content (AvgIpc) is 2.80.